The van der Waals surface area contributed by atoms with Crippen molar-refractivity contribution in [2.45, 2.75) is 6.10 Å². The van der Waals surface area contributed by atoms with Crippen LogP contribution in [0.3, 0.4) is 0 Å². The number of hydrogen-bond donors (Lipinski definition) is 1. The van der Waals surface area contributed by atoms with Crippen molar-refractivity contribution in [3.63, 3.8) is 0 Å². The van der Waals surface area contributed by atoms with Crippen LogP contribution in [0.1, 0.15) is 11.7 Å². The first kappa shape index (κ1) is 11.7. The maximum Gasteiger partial charge on any atom is 0.337 e. The molecule has 4 heteroatoms. The molecular weight excluding hydrogens is 196 g/mol. The first-order valence-electron chi connectivity index (χ1n) is 4.64. The normalized spacial score (nSPS) is 12.3. The Balaban J connectivity index is 2.62. The quantitative estimate of drug-likeness (QED) is 0.722. The largest absolute Gasteiger partial charge is 0.479 e. The van der Waals surface area contributed by atoms with E-state index in [9.17, 15) is 4.79 Å². The maximum absolute atomic E-state index is 10.9. The summed E-state index contributed by atoms with van der Waals surface area (Å²) in [7, 11) is 1.54. The number of benzene rings is 1. The van der Waals surface area contributed by atoms with Crippen molar-refractivity contribution in [1.29, 1.82) is 0 Å². The summed E-state index contributed by atoms with van der Waals surface area (Å²) in [6, 6.07) is 8.85. The summed E-state index contributed by atoms with van der Waals surface area (Å²) >= 11 is 0. The molecule has 0 aromatic heterocycles. The number of carbonyl (C=O) groups is 1. The van der Waals surface area contributed by atoms with Crippen molar-refractivity contribution in [3.05, 3.63) is 35.9 Å². The summed E-state index contributed by atoms with van der Waals surface area (Å²) < 4.78 is 10.00. The second-order valence-corrected chi connectivity index (χ2v) is 2.99. The number of ether oxygens (including phenoxy) is 2. The minimum absolute atomic E-state index is 0.266. The van der Waals surface area contributed by atoms with Crippen LogP contribution in [-0.4, -0.2) is 31.4 Å². The SMILES string of the molecule is COCCOC(C(=O)O)c1ccccc1. The number of rotatable bonds is 6. The van der Waals surface area contributed by atoms with Gasteiger partial charge in [-0.2, -0.15) is 0 Å². The summed E-state index contributed by atoms with van der Waals surface area (Å²) in [5.74, 6) is -0.989. The van der Waals surface area contributed by atoms with Crippen LogP contribution in [0.4, 0.5) is 0 Å². The molecule has 1 N–H and O–H groups in total. The number of carboxylic acid groups (broad SMARTS) is 1. The third-order valence-electron chi connectivity index (χ3n) is 1.90. The zero-order valence-corrected chi connectivity index (χ0v) is 8.55. The second kappa shape index (κ2) is 6.16. The molecule has 0 saturated heterocycles. The van der Waals surface area contributed by atoms with Crippen LogP contribution in [0.5, 0.6) is 0 Å². The van der Waals surface area contributed by atoms with Gasteiger partial charge in [-0.25, -0.2) is 4.79 Å². The summed E-state index contributed by atoms with van der Waals surface area (Å²) in [5.41, 5.74) is 0.640. The fraction of sp³-hybridized carbons (Fsp3) is 0.364. The number of hydrogen-bond acceptors (Lipinski definition) is 3. The molecule has 0 heterocycles. The van der Waals surface area contributed by atoms with Gasteiger partial charge in [-0.3, -0.25) is 0 Å². The van der Waals surface area contributed by atoms with Crippen molar-refractivity contribution in [2.24, 2.45) is 0 Å². The predicted octanol–water partition coefficient (Wildman–Crippen LogP) is 1.48. The Kier molecular flexibility index (Phi) is 4.80. The minimum atomic E-state index is -0.989. The lowest BCUT2D eigenvalue weighted by molar-refractivity contribution is -0.151. The number of aliphatic carboxylic acids is 1. The van der Waals surface area contributed by atoms with Gasteiger partial charge in [-0.1, -0.05) is 30.3 Å². The van der Waals surface area contributed by atoms with Crippen LogP contribution < -0.4 is 0 Å². The highest BCUT2D eigenvalue weighted by atomic mass is 16.5. The molecule has 0 amide bonds. The van der Waals surface area contributed by atoms with E-state index in [0.717, 1.165) is 0 Å². The smallest absolute Gasteiger partial charge is 0.337 e. The molecule has 0 aliphatic heterocycles. The lowest BCUT2D eigenvalue weighted by atomic mass is 10.1. The topological polar surface area (TPSA) is 55.8 Å². The van der Waals surface area contributed by atoms with Gasteiger partial charge >= 0.3 is 5.97 Å². The Bertz CT molecular complexity index is 297. The van der Waals surface area contributed by atoms with Gasteiger partial charge < -0.3 is 14.6 Å². The van der Waals surface area contributed by atoms with Crippen molar-refractivity contribution in [2.75, 3.05) is 20.3 Å². The molecule has 1 aromatic rings. The van der Waals surface area contributed by atoms with Crippen LogP contribution in [0.25, 0.3) is 0 Å². The van der Waals surface area contributed by atoms with E-state index in [1.54, 1.807) is 31.4 Å². The standard InChI is InChI=1S/C11H14O4/c1-14-7-8-15-10(11(12)13)9-5-3-2-4-6-9/h2-6,10H,7-8H2,1H3,(H,12,13). The number of methoxy groups -OCH3 is 1. The Morgan fingerprint density at radius 1 is 1.33 bits per heavy atom. The number of carboxylic acids is 1. The Hall–Kier alpha value is -1.39. The van der Waals surface area contributed by atoms with Gasteiger partial charge in [0.05, 0.1) is 13.2 Å². The molecule has 0 aliphatic carbocycles. The molecule has 1 rings (SSSR count). The average molecular weight is 210 g/mol. The van der Waals surface area contributed by atoms with E-state index in [1.807, 2.05) is 6.07 Å². The van der Waals surface area contributed by atoms with Crippen LogP contribution in [0.15, 0.2) is 30.3 Å². The van der Waals surface area contributed by atoms with E-state index in [0.29, 0.717) is 12.2 Å². The molecule has 1 atom stereocenters. The molecule has 4 nitrogen and oxygen atoms in total. The van der Waals surface area contributed by atoms with Crippen LogP contribution >= 0.6 is 0 Å². The lowest BCUT2D eigenvalue weighted by Crippen LogP contribution is -2.17. The molecular formula is C11H14O4. The van der Waals surface area contributed by atoms with Gasteiger partial charge in [-0.05, 0) is 5.56 Å². The molecule has 1 unspecified atom stereocenters. The summed E-state index contributed by atoms with van der Waals surface area (Å²) in [4.78, 5) is 10.9. The first-order chi connectivity index (χ1) is 7.25. The molecule has 1 aromatic carbocycles. The summed E-state index contributed by atoms with van der Waals surface area (Å²) in [6.07, 6.45) is -0.915. The summed E-state index contributed by atoms with van der Waals surface area (Å²) in [6.45, 7) is 0.652. The first-order valence-corrected chi connectivity index (χ1v) is 4.64. The highest BCUT2D eigenvalue weighted by molar-refractivity contribution is 5.74. The predicted molar refractivity (Wildman–Crippen MR) is 54.6 cm³/mol. The summed E-state index contributed by atoms with van der Waals surface area (Å²) in [5, 5.41) is 8.96. The van der Waals surface area contributed by atoms with E-state index in [2.05, 4.69) is 0 Å². The van der Waals surface area contributed by atoms with Crippen molar-refractivity contribution < 1.29 is 19.4 Å². The van der Waals surface area contributed by atoms with E-state index in [4.69, 9.17) is 14.6 Å². The maximum atomic E-state index is 10.9. The molecule has 15 heavy (non-hydrogen) atoms. The molecule has 0 bridgehead atoms. The van der Waals surface area contributed by atoms with Crippen LogP contribution in [0, 0.1) is 0 Å². The molecule has 0 saturated carbocycles. The van der Waals surface area contributed by atoms with Gasteiger partial charge in [0.1, 0.15) is 0 Å². The zero-order valence-electron chi connectivity index (χ0n) is 8.55. The molecule has 0 aliphatic rings. The van der Waals surface area contributed by atoms with Crippen molar-refractivity contribution >= 4 is 5.97 Å². The van der Waals surface area contributed by atoms with Gasteiger partial charge in [0, 0.05) is 7.11 Å². The highest BCUT2D eigenvalue weighted by Crippen LogP contribution is 2.16. The third kappa shape index (κ3) is 3.69. The van der Waals surface area contributed by atoms with Gasteiger partial charge in [-0.15, -0.1) is 0 Å². The van der Waals surface area contributed by atoms with Gasteiger partial charge in [0.25, 0.3) is 0 Å². The van der Waals surface area contributed by atoms with E-state index >= 15 is 0 Å². The zero-order chi connectivity index (χ0) is 11.1. The fourth-order valence-electron chi connectivity index (χ4n) is 1.19. The Morgan fingerprint density at radius 2 is 2.00 bits per heavy atom. The molecule has 0 fully saturated rings. The van der Waals surface area contributed by atoms with E-state index < -0.39 is 12.1 Å². The lowest BCUT2D eigenvalue weighted by Gasteiger charge is -2.13. The third-order valence-corrected chi connectivity index (χ3v) is 1.90. The van der Waals surface area contributed by atoms with Crippen molar-refractivity contribution in [1.82, 2.24) is 0 Å². The van der Waals surface area contributed by atoms with Gasteiger partial charge in [0.15, 0.2) is 6.10 Å². The Labute approximate surface area is 88.4 Å². The van der Waals surface area contributed by atoms with Crippen LogP contribution in [0.2, 0.25) is 0 Å². The molecule has 0 radical (unpaired) electrons. The van der Waals surface area contributed by atoms with Crippen molar-refractivity contribution in [3.8, 4) is 0 Å². The average Bonchev–Trinajstić information content (AvgIpc) is 2.25. The monoisotopic (exact) mass is 210 g/mol. The van der Waals surface area contributed by atoms with Crippen LogP contribution in [-0.2, 0) is 14.3 Å². The highest BCUT2D eigenvalue weighted by Gasteiger charge is 2.19. The second-order valence-electron chi connectivity index (χ2n) is 2.99. The fourth-order valence-corrected chi connectivity index (χ4v) is 1.19. The molecule has 0 spiro atoms. The molecule has 82 valence electrons. The minimum Gasteiger partial charge on any atom is -0.479 e. The van der Waals surface area contributed by atoms with Gasteiger partial charge in [0.2, 0.25) is 0 Å². The van der Waals surface area contributed by atoms with E-state index in [1.165, 1.54) is 0 Å². The van der Waals surface area contributed by atoms with E-state index in [-0.39, 0.29) is 6.61 Å². The Morgan fingerprint density at radius 3 is 2.53 bits per heavy atom.